The molecule has 49 heavy (non-hydrogen) atoms. The normalized spacial score (nSPS) is 22.8. The number of para-hydroxylation sites is 1. The molecule has 0 bridgehead atoms. The summed E-state index contributed by atoms with van der Waals surface area (Å²) >= 11 is 6.61. The summed E-state index contributed by atoms with van der Waals surface area (Å²) in [7, 11) is 1.41. The van der Waals surface area contributed by atoms with Crippen LogP contribution in [-0.2, 0) is 21.5 Å². The van der Waals surface area contributed by atoms with Gasteiger partial charge in [-0.15, -0.1) is 0 Å². The van der Waals surface area contributed by atoms with Crippen LogP contribution in [0.4, 0.5) is 0 Å². The predicted octanol–water partition coefficient (Wildman–Crippen LogP) is 5.63. The van der Waals surface area contributed by atoms with Gasteiger partial charge in [-0.1, -0.05) is 96.5 Å². The molecule has 0 spiro atoms. The molecule has 1 saturated carbocycles. The second kappa shape index (κ2) is 11.5. The topological polar surface area (TPSA) is 113 Å². The van der Waals surface area contributed by atoms with Crippen molar-refractivity contribution in [1.29, 1.82) is 0 Å². The quantitative estimate of drug-likeness (QED) is 0.243. The van der Waals surface area contributed by atoms with Crippen molar-refractivity contribution >= 4 is 28.7 Å². The van der Waals surface area contributed by atoms with Crippen LogP contribution in [0, 0.1) is 5.92 Å². The van der Waals surface area contributed by atoms with Gasteiger partial charge in [0.05, 0.1) is 35.8 Å². The minimum atomic E-state index is -1.46. The fourth-order valence-electron chi connectivity index (χ4n) is 8.23. The number of rotatable bonds is 5. The molecular weight excluding hydrogens is 642 g/mol. The summed E-state index contributed by atoms with van der Waals surface area (Å²) in [5.74, 6) is -2.48. The van der Waals surface area contributed by atoms with E-state index in [0.29, 0.717) is 28.0 Å². The summed E-state index contributed by atoms with van der Waals surface area (Å²) < 4.78 is 9.47. The highest BCUT2D eigenvalue weighted by Crippen LogP contribution is 2.62. The van der Waals surface area contributed by atoms with Crippen molar-refractivity contribution in [3.8, 4) is 17.2 Å². The molecular formula is C39H30ClN3O6. The zero-order chi connectivity index (χ0) is 34.0. The number of benzene rings is 4. The Hall–Kier alpha value is -5.67. The van der Waals surface area contributed by atoms with Crippen LogP contribution in [0.5, 0.6) is 11.5 Å². The predicted molar refractivity (Wildman–Crippen MR) is 184 cm³/mol. The number of aromatic nitrogens is 3. The Balaban J connectivity index is 1.44. The van der Waals surface area contributed by atoms with Crippen molar-refractivity contribution in [3.05, 3.63) is 164 Å². The number of allylic oxidation sites excluding steroid dienone is 4. The third kappa shape index (κ3) is 4.38. The van der Waals surface area contributed by atoms with Crippen LogP contribution in [0.2, 0.25) is 5.02 Å². The number of halogens is 1. The number of ether oxygens (including phenoxy) is 1. The minimum Gasteiger partial charge on any atom is -0.503 e. The van der Waals surface area contributed by atoms with Crippen molar-refractivity contribution in [2.75, 3.05) is 7.11 Å². The van der Waals surface area contributed by atoms with Gasteiger partial charge in [0.2, 0.25) is 0 Å². The average Bonchev–Trinajstić information content (AvgIpc) is 3.40. The van der Waals surface area contributed by atoms with Gasteiger partial charge in [0.15, 0.2) is 23.1 Å². The maximum atomic E-state index is 15.1. The maximum Gasteiger partial charge on any atom is 0.352 e. The average molecular weight is 672 g/mol. The largest absolute Gasteiger partial charge is 0.503 e. The van der Waals surface area contributed by atoms with Gasteiger partial charge in [-0.05, 0) is 59.0 Å². The SMILES string of the molecule is COc1cc(C2C3=CCn4c(=O)n(-c5ccccc5)c(=O)n4C3CC3C(=O)C(c4ccccc4)=CC(=O)C32c2ccccc2)cc(Cl)c1O. The van der Waals surface area contributed by atoms with E-state index in [1.165, 1.54) is 22.5 Å². The van der Waals surface area contributed by atoms with E-state index in [2.05, 4.69) is 0 Å². The minimum absolute atomic E-state index is 0.00653. The van der Waals surface area contributed by atoms with Gasteiger partial charge in [-0.25, -0.2) is 23.5 Å². The fourth-order valence-corrected chi connectivity index (χ4v) is 8.44. The molecule has 5 aromatic rings. The van der Waals surface area contributed by atoms with Crippen LogP contribution < -0.4 is 16.1 Å². The molecule has 1 fully saturated rings. The first kappa shape index (κ1) is 30.7. The van der Waals surface area contributed by atoms with Gasteiger partial charge in [0.25, 0.3) is 0 Å². The van der Waals surface area contributed by atoms with Crippen molar-refractivity contribution in [1.82, 2.24) is 13.9 Å². The van der Waals surface area contributed by atoms with E-state index in [9.17, 15) is 19.5 Å². The first-order valence-electron chi connectivity index (χ1n) is 15.9. The van der Waals surface area contributed by atoms with Gasteiger partial charge < -0.3 is 9.84 Å². The molecule has 0 radical (unpaired) electrons. The maximum absolute atomic E-state index is 15.1. The molecule has 9 nitrogen and oxygen atoms in total. The first-order valence-corrected chi connectivity index (χ1v) is 16.3. The Kier molecular flexibility index (Phi) is 7.19. The molecule has 3 aliphatic rings. The smallest absolute Gasteiger partial charge is 0.352 e. The number of ketones is 2. The van der Waals surface area contributed by atoms with E-state index in [4.69, 9.17) is 16.3 Å². The molecule has 8 rings (SSSR count). The zero-order valence-corrected chi connectivity index (χ0v) is 27.1. The molecule has 4 unspecified atom stereocenters. The van der Waals surface area contributed by atoms with E-state index < -0.39 is 34.7 Å². The number of phenols is 1. The lowest BCUT2D eigenvalue weighted by Crippen LogP contribution is -2.58. The van der Waals surface area contributed by atoms with Crippen LogP contribution in [0.15, 0.2) is 130 Å². The summed E-state index contributed by atoms with van der Waals surface area (Å²) in [5.41, 5.74) is 0.653. The number of aromatic hydroxyl groups is 1. The van der Waals surface area contributed by atoms with Gasteiger partial charge in [-0.2, -0.15) is 0 Å². The zero-order valence-electron chi connectivity index (χ0n) is 26.3. The molecule has 0 amide bonds. The summed E-state index contributed by atoms with van der Waals surface area (Å²) in [4.78, 5) is 58.2. The van der Waals surface area contributed by atoms with E-state index in [-0.39, 0.29) is 46.6 Å². The molecule has 4 atom stereocenters. The number of methoxy groups -OCH3 is 1. The Morgan fingerprint density at radius 2 is 1.51 bits per heavy atom. The van der Waals surface area contributed by atoms with Crippen molar-refractivity contribution in [2.24, 2.45) is 5.92 Å². The number of carbonyl (C=O) groups excluding carboxylic acids is 2. The molecule has 1 N–H and O–H groups in total. The van der Waals surface area contributed by atoms with Gasteiger partial charge in [-0.3, -0.25) is 9.59 Å². The molecule has 244 valence electrons. The molecule has 1 aliphatic heterocycles. The van der Waals surface area contributed by atoms with Gasteiger partial charge >= 0.3 is 11.4 Å². The highest BCUT2D eigenvalue weighted by Gasteiger charge is 2.63. The van der Waals surface area contributed by atoms with Gasteiger partial charge in [0.1, 0.15) is 0 Å². The molecule has 1 aromatic heterocycles. The van der Waals surface area contributed by atoms with Crippen molar-refractivity contribution < 1.29 is 19.4 Å². The van der Waals surface area contributed by atoms with Crippen LogP contribution in [0.25, 0.3) is 11.3 Å². The Morgan fingerprint density at radius 3 is 2.18 bits per heavy atom. The lowest BCUT2D eigenvalue weighted by Gasteiger charge is -2.54. The summed E-state index contributed by atoms with van der Waals surface area (Å²) in [6, 6.07) is 29.4. The number of phenolic OH excluding ortho intramolecular Hbond substituents is 1. The summed E-state index contributed by atoms with van der Waals surface area (Å²) in [5, 5.41) is 10.7. The summed E-state index contributed by atoms with van der Waals surface area (Å²) in [6.07, 6.45) is 3.41. The van der Waals surface area contributed by atoms with E-state index in [1.54, 1.807) is 54.6 Å². The standard InChI is InChI=1S/C39H30ClN3O6/c1-49-32-20-24(19-30(40)36(32)46)34-27-17-18-41-37(47)42(26-15-9-4-10-16-26)38(48)43(41)31(27)22-29-35(45)28(23-11-5-2-6-12-23)21-33(44)39(29,34)25-13-7-3-8-14-25/h2-17,19-21,29,31,34,46H,18,22H2,1H3. The lowest BCUT2D eigenvalue weighted by molar-refractivity contribution is -0.133. The third-order valence-electron chi connectivity index (χ3n) is 10.3. The molecule has 0 saturated heterocycles. The van der Waals surface area contributed by atoms with Crippen molar-refractivity contribution in [2.45, 2.75) is 30.3 Å². The Labute approximate surface area is 285 Å². The number of hydrogen-bond donors (Lipinski definition) is 1. The number of Topliss-reactive ketones (excluding diaryl/α,β-unsaturated/α-hetero) is 1. The molecule has 4 aromatic carbocycles. The number of carbonyl (C=O) groups is 2. The Bertz CT molecular complexity index is 2340. The second-order valence-electron chi connectivity index (χ2n) is 12.5. The third-order valence-corrected chi connectivity index (χ3v) is 10.5. The van der Waals surface area contributed by atoms with E-state index >= 15 is 4.79 Å². The molecule has 10 heteroatoms. The lowest BCUT2D eigenvalue weighted by atomic mass is 9.47. The van der Waals surface area contributed by atoms with Crippen molar-refractivity contribution in [3.63, 3.8) is 0 Å². The Morgan fingerprint density at radius 1 is 0.857 bits per heavy atom. The van der Waals surface area contributed by atoms with Crippen LogP contribution >= 0.6 is 11.6 Å². The van der Waals surface area contributed by atoms with Gasteiger partial charge in [0, 0.05) is 17.4 Å². The number of hydrogen-bond acceptors (Lipinski definition) is 6. The van der Waals surface area contributed by atoms with E-state index in [0.717, 1.165) is 4.57 Å². The van der Waals surface area contributed by atoms with Crippen LogP contribution in [0.3, 0.4) is 0 Å². The molecule has 2 aliphatic carbocycles. The fraction of sp³-hybridized carbons (Fsp3) is 0.179. The highest BCUT2D eigenvalue weighted by atomic mass is 35.5. The highest BCUT2D eigenvalue weighted by molar-refractivity contribution is 6.33. The van der Waals surface area contributed by atoms with Crippen LogP contribution in [0.1, 0.15) is 35.1 Å². The monoisotopic (exact) mass is 671 g/mol. The number of nitrogens with zero attached hydrogens (tertiary/aromatic N) is 3. The summed E-state index contributed by atoms with van der Waals surface area (Å²) in [6.45, 7) is 0.0575. The molecule has 2 heterocycles. The first-order chi connectivity index (χ1) is 23.8. The van der Waals surface area contributed by atoms with Crippen LogP contribution in [-0.4, -0.2) is 37.7 Å². The second-order valence-corrected chi connectivity index (χ2v) is 13.0. The van der Waals surface area contributed by atoms with E-state index in [1.807, 2.05) is 54.6 Å². The number of fused-ring (bicyclic) bond motifs is 4.